The van der Waals surface area contributed by atoms with Gasteiger partial charge in [-0.3, -0.25) is 4.79 Å². The van der Waals surface area contributed by atoms with Crippen LogP contribution in [0.4, 0.5) is 4.39 Å². The molecule has 0 atom stereocenters. The zero-order valence-electron chi connectivity index (χ0n) is 10.5. The summed E-state index contributed by atoms with van der Waals surface area (Å²) in [5.74, 6) is -0.282. The highest BCUT2D eigenvalue weighted by Gasteiger charge is 2.15. The number of rotatable bonds is 4. The molecule has 0 bridgehead atoms. The van der Waals surface area contributed by atoms with E-state index in [9.17, 15) is 9.18 Å². The SMILES string of the molecule is CCc1nn(-c2ccc(F)cc2)c(CC)c1C=O. The summed E-state index contributed by atoms with van der Waals surface area (Å²) in [6.45, 7) is 3.94. The quantitative estimate of drug-likeness (QED) is 0.777. The highest BCUT2D eigenvalue weighted by molar-refractivity contribution is 5.78. The summed E-state index contributed by atoms with van der Waals surface area (Å²) in [4.78, 5) is 11.2. The van der Waals surface area contributed by atoms with Crippen molar-refractivity contribution in [1.82, 2.24) is 9.78 Å². The molecule has 0 aliphatic carbocycles. The number of aryl methyl sites for hydroxylation is 1. The first-order valence-corrected chi connectivity index (χ1v) is 6.03. The maximum atomic E-state index is 12.9. The monoisotopic (exact) mass is 246 g/mol. The third-order valence-corrected chi connectivity index (χ3v) is 2.96. The normalized spacial score (nSPS) is 10.6. The van der Waals surface area contributed by atoms with E-state index in [0.29, 0.717) is 18.4 Å². The average Bonchev–Trinajstić information content (AvgIpc) is 2.77. The lowest BCUT2D eigenvalue weighted by molar-refractivity contribution is 0.112. The van der Waals surface area contributed by atoms with E-state index in [1.54, 1.807) is 16.8 Å². The Labute approximate surface area is 105 Å². The van der Waals surface area contributed by atoms with Gasteiger partial charge >= 0.3 is 0 Å². The Morgan fingerprint density at radius 1 is 1.22 bits per heavy atom. The molecule has 3 nitrogen and oxygen atoms in total. The van der Waals surface area contributed by atoms with Crippen LogP contribution in [0.25, 0.3) is 5.69 Å². The molecule has 0 amide bonds. The smallest absolute Gasteiger partial charge is 0.153 e. The molecule has 18 heavy (non-hydrogen) atoms. The van der Waals surface area contributed by atoms with Gasteiger partial charge in [0.05, 0.1) is 22.6 Å². The zero-order chi connectivity index (χ0) is 13.1. The summed E-state index contributed by atoms with van der Waals surface area (Å²) in [5, 5.41) is 4.43. The van der Waals surface area contributed by atoms with Gasteiger partial charge in [0.15, 0.2) is 6.29 Å². The number of benzene rings is 1. The molecule has 0 saturated carbocycles. The second kappa shape index (κ2) is 5.12. The van der Waals surface area contributed by atoms with Crippen molar-refractivity contribution in [3.8, 4) is 5.69 Å². The van der Waals surface area contributed by atoms with Gasteiger partial charge in [-0.1, -0.05) is 13.8 Å². The minimum atomic E-state index is -0.282. The highest BCUT2D eigenvalue weighted by Crippen LogP contribution is 2.19. The van der Waals surface area contributed by atoms with Gasteiger partial charge in [0.2, 0.25) is 0 Å². The Morgan fingerprint density at radius 2 is 1.89 bits per heavy atom. The lowest BCUT2D eigenvalue weighted by Gasteiger charge is -2.05. The fourth-order valence-corrected chi connectivity index (χ4v) is 2.05. The van der Waals surface area contributed by atoms with Crippen molar-refractivity contribution in [2.24, 2.45) is 0 Å². The minimum Gasteiger partial charge on any atom is -0.298 e. The van der Waals surface area contributed by atoms with Crippen LogP contribution in [0.5, 0.6) is 0 Å². The van der Waals surface area contributed by atoms with E-state index in [1.807, 2.05) is 13.8 Å². The van der Waals surface area contributed by atoms with Gasteiger partial charge < -0.3 is 0 Å². The summed E-state index contributed by atoms with van der Waals surface area (Å²) >= 11 is 0. The van der Waals surface area contributed by atoms with Crippen LogP contribution in [0, 0.1) is 5.82 Å². The number of hydrogen-bond donors (Lipinski definition) is 0. The number of nitrogens with zero attached hydrogens (tertiary/aromatic N) is 2. The molecule has 1 heterocycles. The predicted molar refractivity (Wildman–Crippen MR) is 67.7 cm³/mol. The second-order valence-electron chi connectivity index (χ2n) is 4.02. The van der Waals surface area contributed by atoms with Gasteiger partial charge in [-0.2, -0.15) is 5.10 Å². The van der Waals surface area contributed by atoms with Crippen LogP contribution in [0.3, 0.4) is 0 Å². The van der Waals surface area contributed by atoms with Crippen LogP contribution in [-0.2, 0) is 12.8 Å². The van der Waals surface area contributed by atoms with Gasteiger partial charge in [0.1, 0.15) is 5.82 Å². The van der Waals surface area contributed by atoms with Crippen LogP contribution in [-0.4, -0.2) is 16.1 Å². The lowest BCUT2D eigenvalue weighted by Crippen LogP contribution is -2.02. The van der Waals surface area contributed by atoms with E-state index in [4.69, 9.17) is 0 Å². The molecule has 0 saturated heterocycles. The summed E-state index contributed by atoms with van der Waals surface area (Å²) in [6, 6.07) is 6.11. The third-order valence-electron chi connectivity index (χ3n) is 2.96. The lowest BCUT2D eigenvalue weighted by atomic mass is 10.1. The summed E-state index contributed by atoms with van der Waals surface area (Å²) in [7, 11) is 0. The summed E-state index contributed by atoms with van der Waals surface area (Å²) in [6.07, 6.45) is 2.26. The van der Waals surface area contributed by atoms with Gasteiger partial charge in [0, 0.05) is 0 Å². The van der Waals surface area contributed by atoms with Crippen molar-refractivity contribution in [3.05, 3.63) is 47.0 Å². The fourth-order valence-electron chi connectivity index (χ4n) is 2.05. The molecule has 0 fully saturated rings. The first kappa shape index (κ1) is 12.5. The number of carbonyl (C=O) groups excluding carboxylic acids is 1. The van der Waals surface area contributed by atoms with Crippen molar-refractivity contribution >= 4 is 6.29 Å². The van der Waals surface area contributed by atoms with Crippen molar-refractivity contribution in [3.63, 3.8) is 0 Å². The Balaban J connectivity index is 2.59. The number of aldehydes is 1. The van der Waals surface area contributed by atoms with Gasteiger partial charge in [-0.25, -0.2) is 9.07 Å². The Kier molecular flexibility index (Phi) is 3.55. The molecule has 0 aliphatic rings. The van der Waals surface area contributed by atoms with Crippen molar-refractivity contribution in [2.45, 2.75) is 26.7 Å². The highest BCUT2D eigenvalue weighted by atomic mass is 19.1. The molecule has 0 N–H and O–H groups in total. The largest absolute Gasteiger partial charge is 0.298 e. The first-order chi connectivity index (χ1) is 8.71. The molecule has 0 spiro atoms. The van der Waals surface area contributed by atoms with Crippen LogP contribution < -0.4 is 0 Å². The second-order valence-corrected chi connectivity index (χ2v) is 4.02. The average molecular weight is 246 g/mol. The van der Waals surface area contributed by atoms with Crippen LogP contribution in [0.15, 0.2) is 24.3 Å². The zero-order valence-corrected chi connectivity index (χ0v) is 10.5. The molecule has 2 rings (SSSR count). The molecule has 0 aliphatic heterocycles. The number of aromatic nitrogens is 2. The van der Waals surface area contributed by atoms with Crippen LogP contribution in [0.1, 0.15) is 35.6 Å². The van der Waals surface area contributed by atoms with Gasteiger partial charge in [-0.15, -0.1) is 0 Å². The van der Waals surface area contributed by atoms with E-state index < -0.39 is 0 Å². The Hall–Kier alpha value is -1.97. The predicted octanol–water partition coefficient (Wildman–Crippen LogP) is 2.95. The number of halogens is 1. The molecule has 4 heteroatoms. The van der Waals surface area contributed by atoms with E-state index in [1.165, 1.54) is 12.1 Å². The van der Waals surface area contributed by atoms with E-state index in [0.717, 1.165) is 23.4 Å². The molecule has 1 aromatic carbocycles. The molecule has 0 radical (unpaired) electrons. The molecule has 2 aromatic rings. The van der Waals surface area contributed by atoms with E-state index >= 15 is 0 Å². The van der Waals surface area contributed by atoms with Crippen LogP contribution >= 0.6 is 0 Å². The molecular formula is C14H15FN2O. The maximum Gasteiger partial charge on any atom is 0.153 e. The topological polar surface area (TPSA) is 34.9 Å². The summed E-state index contributed by atoms with van der Waals surface area (Å²) < 4.78 is 14.6. The molecule has 94 valence electrons. The fraction of sp³-hybridized carbons (Fsp3) is 0.286. The van der Waals surface area contributed by atoms with Crippen molar-refractivity contribution < 1.29 is 9.18 Å². The Morgan fingerprint density at radius 3 is 2.39 bits per heavy atom. The number of hydrogen-bond acceptors (Lipinski definition) is 2. The third kappa shape index (κ3) is 2.06. The molecule has 1 aromatic heterocycles. The first-order valence-electron chi connectivity index (χ1n) is 6.03. The number of carbonyl (C=O) groups is 1. The minimum absolute atomic E-state index is 0.282. The summed E-state index contributed by atoms with van der Waals surface area (Å²) in [5.41, 5.74) is 3.08. The Bertz CT molecular complexity index is 558. The van der Waals surface area contributed by atoms with Gasteiger partial charge in [-0.05, 0) is 37.1 Å². The van der Waals surface area contributed by atoms with Crippen molar-refractivity contribution in [1.29, 1.82) is 0 Å². The molecular weight excluding hydrogens is 231 g/mol. The molecule has 0 unspecified atom stereocenters. The van der Waals surface area contributed by atoms with Crippen molar-refractivity contribution in [2.75, 3.05) is 0 Å². The maximum absolute atomic E-state index is 12.9. The van der Waals surface area contributed by atoms with E-state index in [-0.39, 0.29) is 5.82 Å². The van der Waals surface area contributed by atoms with E-state index in [2.05, 4.69) is 5.10 Å². The van der Waals surface area contributed by atoms with Crippen LogP contribution in [0.2, 0.25) is 0 Å². The van der Waals surface area contributed by atoms with Gasteiger partial charge in [0.25, 0.3) is 0 Å². The standard InChI is InChI=1S/C14H15FN2O/c1-3-13-12(9-18)14(4-2)17(16-13)11-7-5-10(15)6-8-11/h5-9H,3-4H2,1-2H3.